The van der Waals surface area contributed by atoms with E-state index >= 15 is 0 Å². The van der Waals surface area contributed by atoms with E-state index in [1.165, 1.54) is 11.3 Å². The lowest BCUT2D eigenvalue weighted by molar-refractivity contribution is -0.872. The maximum Gasteiger partial charge on any atom is 0.139 e. The van der Waals surface area contributed by atoms with Gasteiger partial charge in [0.25, 0.3) is 0 Å². The molecule has 0 amide bonds. The van der Waals surface area contributed by atoms with Crippen molar-refractivity contribution in [2.24, 2.45) is 0 Å². The summed E-state index contributed by atoms with van der Waals surface area (Å²) in [6.07, 6.45) is 3.31. The Kier molecular flexibility index (Phi) is 5.00. The SMILES string of the molecule is C[NH+](CC#C[C@@]1(C)CCCC(C)(C)O1)CCO. The van der Waals surface area contributed by atoms with Crippen molar-refractivity contribution in [1.82, 2.24) is 0 Å². The van der Waals surface area contributed by atoms with Crippen LogP contribution in [0.25, 0.3) is 0 Å². The van der Waals surface area contributed by atoms with Gasteiger partial charge in [-0.15, -0.1) is 0 Å². The zero-order valence-corrected chi connectivity index (χ0v) is 11.6. The van der Waals surface area contributed by atoms with Crippen molar-refractivity contribution in [3.05, 3.63) is 0 Å². The molecule has 1 unspecified atom stereocenters. The molecule has 1 aliphatic rings. The first-order valence-corrected chi connectivity index (χ1v) is 6.49. The number of nitrogens with one attached hydrogen (secondary N) is 1. The molecule has 3 heteroatoms. The maximum absolute atomic E-state index is 8.81. The second-order valence-electron chi connectivity index (χ2n) is 5.86. The summed E-state index contributed by atoms with van der Waals surface area (Å²) in [6.45, 7) is 8.08. The van der Waals surface area contributed by atoms with Crippen LogP contribution in [0.15, 0.2) is 0 Å². The van der Waals surface area contributed by atoms with Gasteiger partial charge in [-0.05, 0) is 46.0 Å². The predicted octanol–water partition coefficient (Wildman–Crippen LogP) is 0.235. The summed E-state index contributed by atoms with van der Waals surface area (Å²) in [4.78, 5) is 1.23. The van der Waals surface area contributed by atoms with Gasteiger partial charge in [-0.1, -0.05) is 5.92 Å². The Morgan fingerprint density at radius 1 is 1.29 bits per heavy atom. The first-order valence-electron chi connectivity index (χ1n) is 6.49. The van der Waals surface area contributed by atoms with Crippen molar-refractivity contribution >= 4 is 0 Å². The quantitative estimate of drug-likeness (QED) is 0.693. The molecule has 17 heavy (non-hydrogen) atoms. The van der Waals surface area contributed by atoms with Crippen LogP contribution in [0.2, 0.25) is 0 Å². The van der Waals surface area contributed by atoms with Crippen LogP contribution in [0.4, 0.5) is 0 Å². The number of hydrogen-bond donors (Lipinski definition) is 2. The molecule has 2 atom stereocenters. The summed E-state index contributed by atoms with van der Waals surface area (Å²) in [7, 11) is 2.04. The number of quaternary nitrogens is 1. The van der Waals surface area contributed by atoms with Crippen LogP contribution in [-0.2, 0) is 4.74 Å². The smallest absolute Gasteiger partial charge is 0.139 e. The summed E-state index contributed by atoms with van der Waals surface area (Å²) < 4.78 is 6.07. The highest BCUT2D eigenvalue weighted by Crippen LogP contribution is 2.34. The van der Waals surface area contributed by atoms with Crippen molar-refractivity contribution < 1.29 is 14.7 Å². The lowest BCUT2D eigenvalue weighted by Crippen LogP contribution is -3.09. The zero-order valence-electron chi connectivity index (χ0n) is 11.6. The highest BCUT2D eigenvalue weighted by molar-refractivity contribution is 5.14. The number of likely N-dealkylation sites (N-methyl/N-ethyl adjacent to an activating group) is 1. The molecule has 0 spiro atoms. The lowest BCUT2D eigenvalue weighted by atomic mass is 9.88. The van der Waals surface area contributed by atoms with Crippen LogP contribution in [0.1, 0.15) is 40.0 Å². The Labute approximate surface area is 105 Å². The number of rotatable bonds is 3. The molecule has 0 radical (unpaired) electrons. The van der Waals surface area contributed by atoms with Crippen molar-refractivity contribution in [2.45, 2.75) is 51.2 Å². The largest absolute Gasteiger partial charge is 0.391 e. The second kappa shape index (κ2) is 5.86. The summed E-state index contributed by atoms with van der Waals surface area (Å²) in [6, 6.07) is 0. The molecular formula is C14H26NO2+. The Hall–Kier alpha value is -0.560. The van der Waals surface area contributed by atoms with E-state index in [-0.39, 0.29) is 17.8 Å². The molecule has 0 saturated carbocycles. The van der Waals surface area contributed by atoms with Crippen molar-refractivity contribution in [1.29, 1.82) is 0 Å². The average Bonchev–Trinajstić information content (AvgIpc) is 2.15. The van der Waals surface area contributed by atoms with Gasteiger partial charge in [-0.3, -0.25) is 0 Å². The normalized spacial score (nSPS) is 29.2. The Balaban J connectivity index is 2.51. The molecule has 1 fully saturated rings. The van der Waals surface area contributed by atoms with E-state index in [9.17, 15) is 0 Å². The van der Waals surface area contributed by atoms with E-state index in [1.54, 1.807) is 0 Å². The van der Waals surface area contributed by atoms with Crippen LogP contribution in [-0.4, -0.2) is 43.1 Å². The number of ether oxygens (including phenoxy) is 1. The van der Waals surface area contributed by atoms with Crippen LogP contribution in [0, 0.1) is 11.8 Å². The molecule has 0 aromatic carbocycles. The Morgan fingerprint density at radius 3 is 2.59 bits per heavy atom. The Morgan fingerprint density at radius 2 is 2.00 bits per heavy atom. The van der Waals surface area contributed by atoms with E-state index in [0.717, 1.165) is 25.9 Å². The molecule has 2 N–H and O–H groups in total. The fourth-order valence-electron chi connectivity index (χ4n) is 2.31. The first kappa shape index (κ1) is 14.5. The third-order valence-electron chi connectivity index (χ3n) is 3.22. The summed E-state index contributed by atoms with van der Waals surface area (Å²) in [5.74, 6) is 6.46. The van der Waals surface area contributed by atoms with E-state index < -0.39 is 0 Å². The van der Waals surface area contributed by atoms with Crippen LogP contribution in [0.3, 0.4) is 0 Å². The first-order chi connectivity index (χ1) is 7.87. The molecule has 1 heterocycles. The van der Waals surface area contributed by atoms with Gasteiger partial charge in [0.1, 0.15) is 18.7 Å². The van der Waals surface area contributed by atoms with Gasteiger partial charge in [-0.25, -0.2) is 0 Å². The van der Waals surface area contributed by atoms with Gasteiger partial charge in [0.05, 0.1) is 19.3 Å². The standard InChI is InChI=1S/C14H25NO2/c1-13(2)7-5-8-14(3,17-13)9-6-10-15(4)11-12-16/h16H,5,7-8,10-12H2,1-4H3/p+1/t14-/m1/s1. The monoisotopic (exact) mass is 240 g/mol. The second-order valence-corrected chi connectivity index (χ2v) is 5.86. The molecule has 98 valence electrons. The fraction of sp³-hybridized carbons (Fsp3) is 0.857. The molecule has 0 aromatic heterocycles. The van der Waals surface area contributed by atoms with Crippen molar-refractivity contribution in [2.75, 3.05) is 26.7 Å². The predicted molar refractivity (Wildman–Crippen MR) is 68.9 cm³/mol. The van der Waals surface area contributed by atoms with Gasteiger partial charge < -0.3 is 14.7 Å². The molecule has 3 nitrogen and oxygen atoms in total. The Bertz CT molecular complexity index is 303. The minimum absolute atomic E-state index is 0.0501. The number of aliphatic hydroxyl groups excluding tert-OH is 1. The summed E-state index contributed by atoms with van der Waals surface area (Å²) in [5.41, 5.74) is -0.340. The average molecular weight is 240 g/mol. The van der Waals surface area contributed by atoms with Gasteiger partial charge >= 0.3 is 0 Å². The summed E-state index contributed by atoms with van der Waals surface area (Å²) in [5, 5.41) is 8.81. The molecule has 0 aliphatic carbocycles. The van der Waals surface area contributed by atoms with E-state index in [2.05, 4.69) is 32.6 Å². The number of hydrogen-bond acceptors (Lipinski definition) is 2. The van der Waals surface area contributed by atoms with Crippen LogP contribution < -0.4 is 4.90 Å². The van der Waals surface area contributed by atoms with E-state index in [0.29, 0.717) is 0 Å². The minimum Gasteiger partial charge on any atom is -0.391 e. The molecule has 0 aromatic rings. The van der Waals surface area contributed by atoms with Crippen molar-refractivity contribution in [3.63, 3.8) is 0 Å². The van der Waals surface area contributed by atoms with E-state index in [4.69, 9.17) is 9.84 Å². The third-order valence-corrected chi connectivity index (χ3v) is 3.22. The fourth-order valence-corrected chi connectivity index (χ4v) is 2.31. The van der Waals surface area contributed by atoms with Gasteiger partial charge in [0.15, 0.2) is 0 Å². The zero-order chi connectivity index (χ0) is 12.9. The molecule has 1 rings (SSSR count). The van der Waals surface area contributed by atoms with Crippen molar-refractivity contribution in [3.8, 4) is 11.8 Å². The lowest BCUT2D eigenvalue weighted by Gasteiger charge is -2.40. The van der Waals surface area contributed by atoms with Crippen LogP contribution in [0.5, 0.6) is 0 Å². The third kappa shape index (κ3) is 5.08. The maximum atomic E-state index is 8.81. The minimum atomic E-state index is -0.290. The molecule has 1 saturated heterocycles. The highest BCUT2D eigenvalue weighted by atomic mass is 16.5. The van der Waals surface area contributed by atoms with E-state index in [1.807, 2.05) is 7.05 Å². The topological polar surface area (TPSA) is 33.9 Å². The summed E-state index contributed by atoms with van der Waals surface area (Å²) >= 11 is 0. The van der Waals surface area contributed by atoms with Gasteiger partial charge in [0, 0.05) is 0 Å². The van der Waals surface area contributed by atoms with Gasteiger partial charge in [0.2, 0.25) is 0 Å². The molecular weight excluding hydrogens is 214 g/mol. The molecule has 1 aliphatic heterocycles. The highest BCUT2D eigenvalue weighted by Gasteiger charge is 2.35. The molecule has 0 bridgehead atoms. The van der Waals surface area contributed by atoms with Gasteiger partial charge in [-0.2, -0.15) is 0 Å². The number of aliphatic hydroxyl groups is 1. The van der Waals surface area contributed by atoms with Crippen LogP contribution >= 0.6 is 0 Å².